The van der Waals surface area contributed by atoms with E-state index in [0.29, 0.717) is 13.2 Å². The van der Waals surface area contributed by atoms with Crippen LogP contribution in [0, 0.1) is 0 Å². The van der Waals surface area contributed by atoms with Gasteiger partial charge in [0.05, 0.1) is 13.0 Å². The Morgan fingerprint density at radius 1 is 1.53 bits per heavy atom. The fraction of sp³-hybridized carbons (Fsp3) is 0.818. The van der Waals surface area contributed by atoms with Crippen molar-refractivity contribution in [2.75, 3.05) is 26.2 Å². The molecule has 1 rings (SSSR count). The highest BCUT2D eigenvalue weighted by Gasteiger charge is 2.28. The smallest absolute Gasteiger partial charge is 0.305 e. The van der Waals surface area contributed by atoms with Crippen LogP contribution >= 0.6 is 0 Å². The molecule has 1 aliphatic rings. The van der Waals surface area contributed by atoms with Crippen LogP contribution in [0.2, 0.25) is 0 Å². The summed E-state index contributed by atoms with van der Waals surface area (Å²) in [6, 6.07) is -0.0209. The van der Waals surface area contributed by atoms with Crippen LogP contribution in [-0.4, -0.2) is 60.3 Å². The van der Waals surface area contributed by atoms with E-state index in [-0.39, 0.29) is 24.9 Å². The molecule has 1 saturated heterocycles. The Morgan fingerprint density at radius 2 is 2.24 bits per heavy atom. The Bertz CT molecular complexity index is 275. The largest absolute Gasteiger partial charge is 0.481 e. The molecule has 0 saturated carbocycles. The molecule has 17 heavy (non-hydrogen) atoms. The first-order valence-corrected chi connectivity index (χ1v) is 5.87. The van der Waals surface area contributed by atoms with Gasteiger partial charge in [-0.2, -0.15) is 0 Å². The number of ether oxygens (including phenoxy) is 1. The minimum atomic E-state index is -0.897. The number of hydrogen-bond acceptors (Lipinski definition) is 4. The Labute approximate surface area is 101 Å². The highest BCUT2D eigenvalue weighted by molar-refractivity contribution is 5.82. The third kappa shape index (κ3) is 4.32. The first-order chi connectivity index (χ1) is 8.02. The van der Waals surface area contributed by atoms with E-state index in [0.717, 1.165) is 6.54 Å². The summed E-state index contributed by atoms with van der Waals surface area (Å²) >= 11 is 0. The minimum absolute atomic E-state index is 0.0209. The van der Waals surface area contributed by atoms with Crippen molar-refractivity contribution < 1.29 is 19.4 Å². The van der Waals surface area contributed by atoms with E-state index in [4.69, 9.17) is 9.84 Å². The Morgan fingerprint density at radius 3 is 2.71 bits per heavy atom. The van der Waals surface area contributed by atoms with Crippen LogP contribution in [0.4, 0.5) is 0 Å². The molecule has 0 bridgehead atoms. The van der Waals surface area contributed by atoms with Crippen molar-refractivity contribution in [3.05, 3.63) is 0 Å². The third-order valence-electron chi connectivity index (χ3n) is 2.68. The molecule has 1 unspecified atom stereocenters. The van der Waals surface area contributed by atoms with E-state index in [1.165, 1.54) is 0 Å². The van der Waals surface area contributed by atoms with Crippen LogP contribution in [0.1, 0.15) is 20.3 Å². The molecule has 0 aromatic carbocycles. The lowest BCUT2D eigenvalue weighted by molar-refractivity contribution is -0.148. The van der Waals surface area contributed by atoms with E-state index < -0.39 is 12.1 Å². The monoisotopic (exact) mass is 244 g/mol. The average molecular weight is 244 g/mol. The van der Waals surface area contributed by atoms with Gasteiger partial charge in [-0.15, -0.1) is 0 Å². The number of rotatable bonds is 5. The van der Waals surface area contributed by atoms with Gasteiger partial charge >= 0.3 is 5.97 Å². The number of morpholine rings is 1. The van der Waals surface area contributed by atoms with Crippen molar-refractivity contribution in [3.63, 3.8) is 0 Å². The molecule has 1 atom stereocenters. The molecule has 6 nitrogen and oxygen atoms in total. The lowest BCUT2D eigenvalue weighted by atomic mass is 10.2. The van der Waals surface area contributed by atoms with Crippen LogP contribution in [-0.2, 0) is 14.3 Å². The molecule has 0 spiro atoms. The van der Waals surface area contributed by atoms with E-state index in [2.05, 4.69) is 5.32 Å². The SMILES string of the molecule is CC(C)N(CCC(=O)O)C(=O)C1CNCCO1. The normalized spacial score (nSPS) is 20.3. The summed E-state index contributed by atoms with van der Waals surface area (Å²) in [4.78, 5) is 24.2. The number of nitrogens with one attached hydrogen (secondary N) is 1. The average Bonchev–Trinajstić information content (AvgIpc) is 2.29. The molecule has 0 aromatic heterocycles. The molecule has 6 heteroatoms. The molecule has 1 aliphatic heterocycles. The fourth-order valence-electron chi connectivity index (χ4n) is 1.75. The quantitative estimate of drug-likeness (QED) is 0.693. The maximum Gasteiger partial charge on any atom is 0.305 e. The highest BCUT2D eigenvalue weighted by Crippen LogP contribution is 2.07. The first-order valence-electron chi connectivity index (χ1n) is 5.87. The molecule has 1 amide bonds. The van der Waals surface area contributed by atoms with Gasteiger partial charge in [-0.05, 0) is 13.8 Å². The van der Waals surface area contributed by atoms with E-state index in [1.54, 1.807) is 4.90 Å². The van der Waals surface area contributed by atoms with Gasteiger partial charge in [-0.25, -0.2) is 0 Å². The molecular weight excluding hydrogens is 224 g/mol. The summed E-state index contributed by atoms with van der Waals surface area (Å²) < 4.78 is 5.38. The zero-order valence-electron chi connectivity index (χ0n) is 10.3. The van der Waals surface area contributed by atoms with Crippen LogP contribution in [0.15, 0.2) is 0 Å². The predicted molar refractivity (Wildman–Crippen MR) is 61.7 cm³/mol. The van der Waals surface area contributed by atoms with Gasteiger partial charge < -0.3 is 20.1 Å². The summed E-state index contributed by atoms with van der Waals surface area (Å²) in [6.45, 7) is 5.73. The lowest BCUT2D eigenvalue weighted by Crippen LogP contribution is -2.51. The fourth-order valence-corrected chi connectivity index (χ4v) is 1.75. The molecule has 0 radical (unpaired) electrons. The number of nitrogens with zero attached hydrogens (tertiary/aromatic N) is 1. The number of carbonyl (C=O) groups excluding carboxylic acids is 1. The van der Waals surface area contributed by atoms with Crippen molar-refractivity contribution in [1.82, 2.24) is 10.2 Å². The molecule has 0 aliphatic carbocycles. The molecule has 98 valence electrons. The van der Waals surface area contributed by atoms with E-state index >= 15 is 0 Å². The number of carbonyl (C=O) groups is 2. The van der Waals surface area contributed by atoms with Gasteiger partial charge in [0.2, 0.25) is 0 Å². The second-order valence-electron chi connectivity index (χ2n) is 4.33. The maximum absolute atomic E-state index is 12.1. The van der Waals surface area contributed by atoms with E-state index in [9.17, 15) is 9.59 Å². The second kappa shape index (κ2) is 6.56. The topological polar surface area (TPSA) is 78.9 Å². The van der Waals surface area contributed by atoms with E-state index in [1.807, 2.05) is 13.8 Å². The van der Waals surface area contributed by atoms with Crippen molar-refractivity contribution >= 4 is 11.9 Å². The Balaban J connectivity index is 2.55. The molecule has 1 heterocycles. The number of carboxylic acid groups (broad SMARTS) is 1. The van der Waals surface area contributed by atoms with Crippen molar-refractivity contribution in [2.24, 2.45) is 0 Å². The van der Waals surface area contributed by atoms with Gasteiger partial charge in [-0.1, -0.05) is 0 Å². The van der Waals surface area contributed by atoms with Crippen LogP contribution in [0.5, 0.6) is 0 Å². The van der Waals surface area contributed by atoms with Gasteiger partial charge in [-0.3, -0.25) is 9.59 Å². The van der Waals surface area contributed by atoms with Crippen LogP contribution < -0.4 is 5.32 Å². The van der Waals surface area contributed by atoms with Crippen LogP contribution in [0.3, 0.4) is 0 Å². The number of aliphatic carboxylic acids is 1. The summed E-state index contributed by atoms with van der Waals surface area (Å²) in [5.74, 6) is -1.03. The highest BCUT2D eigenvalue weighted by atomic mass is 16.5. The standard InChI is InChI=1S/C11H20N2O4/c1-8(2)13(5-3-10(14)15)11(16)9-7-12-4-6-17-9/h8-9,12H,3-7H2,1-2H3,(H,14,15). The predicted octanol–water partition coefficient (Wildman–Crippen LogP) is -0.313. The zero-order chi connectivity index (χ0) is 12.8. The van der Waals surface area contributed by atoms with Crippen molar-refractivity contribution in [1.29, 1.82) is 0 Å². The number of amides is 1. The summed E-state index contributed by atoms with van der Waals surface area (Å²) in [5.41, 5.74) is 0. The maximum atomic E-state index is 12.1. The summed E-state index contributed by atoms with van der Waals surface area (Å²) in [5, 5.41) is 11.7. The zero-order valence-corrected chi connectivity index (χ0v) is 10.3. The first kappa shape index (κ1) is 13.9. The summed E-state index contributed by atoms with van der Waals surface area (Å²) in [7, 11) is 0. The van der Waals surface area contributed by atoms with Gasteiger partial charge in [0.25, 0.3) is 5.91 Å². The molecule has 2 N–H and O–H groups in total. The van der Waals surface area contributed by atoms with Gasteiger partial charge in [0.15, 0.2) is 0 Å². The summed E-state index contributed by atoms with van der Waals surface area (Å²) in [6.07, 6.45) is -0.524. The lowest BCUT2D eigenvalue weighted by Gasteiger charge is -2.32. The van der Waals surface area contributed by atoms with Gasteiger partial charge in [0.1, 0.15) is 6.10 Å². The third-order valence-corrected chi connectivity index (χ3v) is 2.68. The van der Waals surface area contributed by atoms with Gasteiger partial charge in [0, 0.05) is 25.7 Å². The molecular formula is C11H20N2O4. The number of carboxylic acids is 1. The number of hydrogen-bond donors (Lipinski definition) is 2. The Kier molecular flexibility index (Phi) is 5.37. The minimum Gasteiger partial charge on any atom is -0.481 e. The van der Waals surface area contributed by atoms with Crippen molar-refractivity contribution in [3.8, 4) is 0 Å². The second-order valence-corrected chi connectivity index (χ2v) is 4.33. The Hall–Kier alpha value is -1.14. The van der Waals surface area contributed by atoms with Crippen LogP contribution in [0.25, 0.3) is 0 Å². The molecule has 1 fully saturated rings. The molecule has 0 aromatic rings. The van der Waals surface area contributed by atoms with Crippen molar-refractivity contribution in [2.45, 2.75) is 32.4 Å².